The molecule has 2 aromatic heterocycles. The molecule has 0 saturated carbocycles. The molecule has 9 heteroatoms. The second-order valence-corrected chi connectivity index (χ2v) is 9.74. The Morgan fingerprint density at radius 3 is 2.87 bits per heavy atom. The van der Waals surface area contributed by atoms with E-state index in [0.717, 1.165) is 41.8 Å². The van der Waals surface area contributed by atoms with Gasteiger partial charge in [0.05, 0.1) is 16.7 Å². The van der Waals surface area contributed by atoms with Crippen LogP contribution in [0.3, 0.4) is 0 Å². The van der Waals surface area contributed by atoms with Crippen LogP contribution in [0.25, 0.3) is 10.8 Å². The molecule has 1 fully saturated rings. The number of aromatic nitrogens is 3. The molecular weight excluding hydrogens is 414 g/mol. The van der Waals surface area contributed by atoms with E-state index < -0.39 is 16.1 Å². The van der Waals surface area contributed by atoms with Gasteiger partial charge in [-0.05, 0) is 49.8 Å². The number of nitrogens with one attached hydrogen (secondary N) is 1. The third-order valence-electron chi connectivity index (χ3n) is 5.61. The number of benzene rings is 1. The number of hydrogen-bond acceptors (Lipinski definition) is 7. The highest BCUT2D eigenvalue weighted by atomic mass is 32.2. The number of anilines is 1. The molecular formula is C22H27N5O3S. The lowest BCUT2D eigenvalue weighted by molar-refractivity contribution is 0.182. The van der Waals surface area contributed by atoms with Gasteiger partial charge in [0.25, 0.3) is 0 Å². The van der Waals surface area contributed by atoms with Gasteiger partial charge in [-0.2, -0.15) is 0 Å². The smallest absolute Gasteiger partial charge is 0.240 e. The van der Waals surface area contributed by atoms with Crippen molar-refractivity contribution in [3.63, 3.8) is 0 Å². The SMILES string of the molecule is CC(O)CCCNS(=O)(=O)c1ccc2ccnc(N3CCC(c4cnccn4)C3)c2c1. The summed E-state index contributed by atoms with van der Waals surface area (Å²) in [5.74, 6) is 1.06. The van der Waals surface area contributed by atoms with Crippen LogP contribution in [0.4, 0.5) is 5.82 Å². The fourth-order valence-corrected chi connectivity index (χ4v) is 5.05. The first-order chi connectivity index (χ1) is 14.9. The Balaban J connectivity index is 1.57. The van der Waals surface area contributed by atoms with Crippen molar-refractivity contribution in [3.8, 4) is 0 Å². The minimum atomic E-state index is -3.64. The zero-order chi connectivity index (χ0) is 21.8. The van der Waals surface area contributed by atoms with Crippen molar-refractivity contribution >= 4 is 26.6 Å². The summed E-state index contributed by atoms with van der Waals surface area (Å²) in [5.41, 5.74) is 0.968. The third-order valence-corrected chi connectivity index (χ3v) is 7.07. The largest absolute Gasteiger partial charge is 0.393 e. The van der Waals surface area contributed by atoms with Gasteiger partial charge >= 0.3 is 0 Å². The van der Waals surface area contributed by atoms with Crippen LogP contribution >= 0.6 is 0 Å². The van der Waals surface area contributed by atoms with Crippen LogP contribution in [0.15, 0.2) is 53.9 Å². The second-order valence-electron chi connectivity index (χ2n) is 7.97. The maximum absolute atomic E-state index is 12.8. The summed E-state index contributed by atoms with van der Waals surface area (Å²) >= 11 is 0. The fraction of sp³-hybridized carbons (Fsp3) is 0.409. The van der Waals surface area contributed by atoms with Gasteiger partial charge in [-0.15, -0.1) is 0 Å². The van der Waals surface area contributed by atoms with Gasteiger partial charge in [-0.1, -0.05) is 6.07 Å². The van der Waals surface area contributed by atoms with Crippen LogP contribution in [0, 0.1) is 0 Å². The Labute approximate surface area is 182 Å². The van der Waals surface area contributed by atoms with Crippen LogP contribution in [-0.4, -0.2) is 54.2 Å². The molecule has 0 bridgehead atoms. The molecule has 0 aliphatic carbocycles. The lowest BCUT2D eigenvalue weighted by Gasteiger charge is -2.20. The first-order valence-electron chi connectivity index (χ1n) is 10.5. The van der Waals surface area contributed by atoms with Crippen molar-refractivity contribution in [2.75, 3.05) is 24.5 Å². The molecule has 164 valence electrons. The van der Waals surface area contributed by atoms with Crippen molar-refractivity contribution in [1.29, 1.82) is 0 Å². The number of aliphatic hydroxyl groups is 1. The molecule has 1 saturated heterocycles. The molecule has 2 atom stereocenters. The van der Waals surface area contributed by atoms with Crippen LogP contribution in [-0.2, 0) is 10.0 Å². The summed E-state index contributed by atoms with van der Waals surface area (Å²) in [4.78, 5) is 15.6. The normalized spacial score (nSPS) is 17.9. The number of nitrogens with zero attached hydrogens (tertiary/aromatic N) is 4. The van der Waals surface area contributed by atoms with Crippen LogP contribution in [0.2, 0.25) is 0 Å². The molecule has 0 amide bonds. The van der Waals surface area contributed by atoms with E-state index in [1.54, 1.807) is 43.8 Å². The molecule has 4 rings (SSSR count). The van der Waals surface area contributed by atoms with E-state index in [0.29, 0.717) is 12.8 Å². The zero-order valence-electron chi connectivity index (χ0n) is 17.5. The monoisotopic (exact) mass is 441 g/mol. The summed E-state index contributed by atoms with van der Waals surface area (Å²) in [6.07, 6.45) is 8.58. The molecule has 1 aromatic carbocycles. The summed E-state index contributed by atoms with van der Waals surface area (Å²) in [6.45, 7) is 3.57. The minimum absolute atomic E-state index is 0.218. The standard InChI is InChI=1S/C22H27N5O3S/c1-16(28)3-2-8-26-31(29,30)19-5-4-17-6-9-25-22(20(17)13-19)27-12-7-18(15-27)21-14-23-10-11-24-21/h4-6,9-11,13-14,16,18,26,28H,2-3,7-8,12,15H2,1H3. The Morgan fingerprint density at radius 2 is 2.10 bits per heavy atom. The van der Waals surface area contributed by atoms with Crippen LogP contribution in [0.5, 0.6) is 0 Å². The summed E-state index contributed by atoms with van der Waals surface area (Å²) < 4.78 is 28.2. The van der Waals surface area contributed by atoms with E-state index >= 15 is 0 Å². The number of hydrogen-bond donors (Lipinski definition) is 2. The van der Waals surface area contributed by atoms with Gasteiger partial charge in [-0.25, -0.2) is 18.1 Å². The van der Waals surface area contributed by atoms with Gasteiger partial charge < -0.3 is 10.0 Å². The zero-order valence-corrected chi connectivity index (χ0v) is 18.3. The molecule has 0 spiro atoms. The van der Waals surface area contributed by atoms with E-state index in [1.807, 2.05) is 12.1 Å². The molecule has 8 nitrogen and oxygen atoms in total. The number of aliphatic hydroxyl groups excluding tert-OH is 1. The first-order valence-corrected chi connectivity index (χ1v) is 12.0. The molecule has 2 N–H and O–H groups in total. The van der Waals surface area contributed by atoms with E-state index in [4.69, 9.17) is 0 Å². The summed E-state index contributed by atoms with van der Waals surface area (Å²) in [5, 5.41) is 11.1. The van der Waals surface area contributed by atoms with E-state index in [1.165, 1.54) is 0 Å². The van der Waals surface area contributed by atoms with Gasteiger partial charge in [-0.3, -0.25) is 9.97 Å². The van der Waals surface area contributed by atoms with E-state index in [-0.39, 0.29) is 17.4 Å². The average Bonchev–Trinajstić information content (AvgIpc) is 3.26. The highest BCUT2D eigenvalue weighted by Crippen LogP contribution is 2.33. The number of pyridine rings is 1. The lowest BCUT2D eigenvalue weighted by atomic mass is 10.1. The lowest BCUT2D eigenvalue weighted by Crippen LogP contribution is -2.25. The average molecular weight is 442 g/mol. The van der Waals surface area contributed by atoms with Crippen LogP contribution in [0.1, 0.15) is 37.8 Å². The molecule has 0 radical (unpaired) electrons. The molecule has 2 unspecified atom stereocenters. The Bertz CT molecular complexity index is 1140. The quantitative estimate of drug-likeness (QED) is 0.517. The maximum atomic E-state index is 12.8. The third kappa shape index (κ3) is 5.00. The Morgan fingerprint density at radius 1 is 1.23 bits per heavy atom. The van der Waals surface area contributed by atoms with E-state index in [9.17, 15) is 13.5 Å². The molecule has 31 heavy (non-hydrogen) atoms. The van der Waals surface area contributed by atoms with Gasteiger partial charge in [0, 0.05) is 55.7 Å². The molecule has 1 aliphatic rings. The van der Waals surface area contributed by atoms with Crippen LogP contribution < -0.4 is 9.62 Å². The first kappa shape index (κ1) is 21.6. The number of sulfonamides is 1. The van der Waals surface area contributed by atoms with Crippen molar-refractivity contribution in [2.24, 2.45) is 0 Å². The number of rotatable bonds is 8. The van der Waals surface area contributed by atoms with Gasteiger partial charge in [0.2, 0.25) is 10.0 Å². The van der Waals surface area contributed by atoms with Gasteiger partial charge in [0.1, 0.15) is 5.82 Å². The Kier molecular flexibility index (Phi) is 6.45. The summed E-state index contributed by atoms with van der Waals surface area (Å²) in [6, 6.07) is 7.03. The predicted octanol–water partition coefficient (Wildman–Crippen LogP) is 2.46. The summed E-state index contributed by atoms with van der Waals surface area (Å²) in [7, 11) is -3.64. The number of fused-ring (bicyclic) bond motifs is 1. The van der Waals surface area contributed by atoms with Crippen molar-refractivity contribution in [3.05, 3.63) is 54.7 Å². The second kappa shape index (κ2) is 9.25. The van der Waals surface area contributed by atoms with E-state index in [2.05, 4.69) is 24.6 Å². The minimum Gasteiger partial charge on any atom is -0.393 e. The maximum Gasteiger partial charge on any atom is 0.240 e. The van der Waals surface area contributed by atoms with Crippen molar-refractivity contribution in [2.45, 2.75) is 43.1 Å². The fourth-order valence-electron chi connectivity index (χ4n) is 3.95. The molecule has 3 heterocycles. The highest BCUT2D eigenvalue weighted by molar-refractivity contribution is 7.89. The van der Waals surface area contributed by atoms with Crippen molar-refractivity contribution < 1.29 is 13.5 Å². The highest BCUT2D eigenvalue weighted by Gasteiger charge is 2.27. The molecule has 3 aromatic rings. The van der Waals surface area contributed by atoms with Gasteiger partial charge in [0.15, 0.2) is 0 Å². The Hall–Kier alpha value is -2.62. The molecule has 1 aliphatic heterocycles. The van der Waals surface area contributed by atoms with Crippen molar-refractivity contribution in [1.82, 2.24) is 19.7 Å². The topological polar surface area (TPSA) is 108 Å². The predicted molar refractivity (Wildman–Crippen MR) is 119 cm³/mol.